The van der Waals surface area contributed by atoms with E-state index in [4.69, 9.17) is 0 Å². The summed E-state index contributed by atoms with van der Waals surface area (Å²) in [5.74, 6) is -1.39. The van der Waals surface area contributed by atoms with Gasteiger partial charge in [-0.1, -0.05) is 0 Å². The summed E-state index contributed by atoms with van der Waals surface area (Å²) >= 11 is 0. The molecule has 0 spiro atoms. The van der Waals surface area contributed by atoms with E-state index in [2.05, 4.69) is 20.1 Å². The molecule has 23 heavy (non-hydrogen) atoms. The van der Waals surface area contributed by atoms with Gasteiger partial charge < -0.3 is 20.1 Å². The van der Waals surface area contributed by atoms with Crippen LogP contribution in [0.4, 0.5) is 14.5 Å². The van der Waals surface area contributed by atoms with Crippen LogP contribution in [-0.2, 0) is 9.53 Å². The number of piperidine rings is 1. The zero-order chi connectivity index (χ0) is 16.8. The predicted molar refractivity (Wildman–Crippen MR) is 78.6 cm³/mol. The van der Waals surface area contributed by atoms with E-state index in [0.29, 0.717) is 12.8 Å². The van der Waals surface area contributed by atoms with Crippen LogP contribution in [0.3, 0.4) is 0 Å². The van der Waals surface area contributed by atoms with Crippen molar-refractivity contribution in [1.82, 2.24) is 5.32 Å². The van der Waals surface area contributed by atoms with E-state index in [-0.39, 0.29) is 28.8 Å². The van der Waals surface area contributed by atoms with Gasteiger partial charge in [-0.15, -0.1) is 0 Å². The molecule has 0 unspecified atom stereocenters. The molecule has 0 saturated carbocycles. The molecule has 1 heterocycles. The van der Waals surface area contributed by atoms with Gasteiger partial charge in [-0.25, -0.2) is 4.79 Å². The van der Waals surface area contributed by atoms with Gasteiger partial charge in [0.05, 0.1) is 18.4 Å². The number of halogens is 2. The number of esters is 1. The van der Waals surface area contributed by atoms with Crippen molar-refractivity contribution in [2.75, 3.05) is 25.5 Å². The molecule has 0 atom stereocenters. The minimum atomic E-state index is -3.07. The van der Waals surface area contributed by atoms with Crippen LogP contribution >= 0.6 is 0 Å². The Kier molecular flexibility index (Phi) is 5.86. The maximum Gasteiger partial charge on any atom is 0.387 e. The number of methoxy groups -OCH3 is 1. The molecule has 126 valence electrons. The average Bonchev–Trinajstić information content (AvgIpc) is 2.56. The summed E-state index contributed by atoms with van der Waals surface area (Å²) in [6.07, 6.45) is 1.36. The lowest BCUT2D eigenvalue weighted by Gasteiger charge is -2.22. The number of rotatable bonds is 5. The molecule has 1 fully saturated rings. The second kappa shape index (κ2) is 7.87. The predicted octanol–water partition coefficient (Wildman–Crippen LogP) is 2.01. The molecule has 1 aliphatic heterocycles. The molecule has 0 radical (unpaired) electrons. The lowest BCUT2D eigenvalue weighted by molar-refractivity contribution is -0.120. The Morgan fingerprint density at radius 3 is 2.61 bits per heavy atom. The molecule has 2 N–H and O–H groups in total. The molecule has 0 aliphatic carbocycles. The van der Waals surface area contributed by atoms with Gasteiger partial charge in [-0.05, 0) is 44.1 Å². The van der Waals surface area contributed by atoms with Crippen molar-refractivity contribution in [1.29, 1.82) is 0 Å². The standard InChI is InChI=1S/C15H18F2N2O4/c1-22-14(21)10-2-3-11(12(8-10)23-15(16)17)19-13(20)9-4-6-18-7-5-9/h2-3,8-9,15,18H,4-7H2,1H3,(H,19,20). The highest BCUT2D eigenvalue weighted by Crippen LogP contribution is 2.29. The van der Waals surface area contributed by atoms with Crippen molar-refractivity contribution in [3.63, 3.8) is 0 Å². The lowest BCUT2D eigenvalue weighted by Crippen LogP contribution is -2.34. The maximum atomic E-state index is 12.5. The molecular formula is C15H18F2N2O4. The number of carbonyl (C=O) groups excluding carboxylic acids is 2. The third-order valence-corrected chi connectivity index (χ3v) is 3.59. The van der Waals surface area contributed by atoms with Crippen LogP contribution in [0, 0.1) is 5.92 Å². The van der Waals surface area contributed by atoms with E-state index in [0.717, 1.165) is 19.2 Å². The SMILES string of the molecule is COC(=O)c1ccc(NC(=O)C2CCNCC2)c(OC(F)F)c1. The maximum absolute atomic E-state index is 12.5. The van der Waals surface area contributed by atoms with Gasteiger partial charge >= 0.3 is 12.6 Å². The van der Waals surface area contributed by atoms with E-state index in [1.54, 1.807) is 0 Å². The highest BCUT2D eigenvalue weighted by atomic mass is 19.3. The first-order chi connectivity index (χ1) is 11.0. The van der Waals surface area contributed by atoms with Gasteiger partial charge in [0, 0.05) is 5.92 Å². The molecule has 0 aromatic heterocycles. The van der Waals surface area contributed by atoms with Crippen LogP contribution in [0.25, 0.3) is 0 Å². The van der Waals surface area contributed by atoms with Crippen LogP contribution in [0.2, 0.25) is 0 Å². The largest absolute Gasteiger partial charge is 0.465 e. The molecule has 6 nitrogen and oxygen atoms in total. The summed E-state index contributed by atoms with van der Waals surface area (Å²) in [5, 5.41) is 5.73. The summed E-state index contributed by atoms with van der Waals surface area (Å²) in [4.78, 5) is 23.7. The van der Waals surface area contributed by atoms with E-state index in [1.165, 1.54) is 19.2 Å². The fourth-order valence-electron chi connectivity index (χ4n) is 2.38. The van der Waals surface area contributed by atoms with Crippen molar-refractivity contribution < 1.29 is 27.8 Å². The zero-order valence-electron chi connectivity index (χ0n) is 12.6. The van der Waals surface area contributed by atoms with E-state index in [9.17, 15) is 18.4 Å². The monoisotopic (exact) mass is 328 g/mol. The Bertz CT molecular complexity index is 575. The molecule has 1 aromatic rings. The minimum Gasteiger partial charge on any atom is -0.465 e. The van der Waals surface area contributed by atoms with Crippen LogP contribution < -0.4 is 15.4 Å². The Morgan fingerprint density at radius 1 is 1.30 bits per heavy atom. The highest BCUT2D eigenvalue weighted by molar-refractivity contribution is 5.96. The van der Waals surface area contributed by atoms with E-state index < -0.39 is 12.6 Å². The smallest absolute Gasteiger partial charge is 0.387 e. The topological polar surface area (TPSA) is 76.7 Å². The van der Waals surface area contributed by atoms with Crippen LogP contribution in [0.1, 0.15) is 23.2 Å². The van der Waals surface area contributed by atoms with Gasteiger partial charge in [0.2, 0.25) is 5.91 Å². The lowest BCUT2D eigenvalue weighted by atomic mass is 9.97. The summed E-state index contributed by atoms with van der Waals surface area (Å²) in [6.45, 7) is -1.60. The first-order valence-corrected chi connectivity index (χ1v) is 7.20. The van der Waals surface area contributed by atoms with Gasteiger partial charge in [0.25, 0.3) is 0 Å². The summed E-state index contributed by atoms with van der Waals surface area (Å²) in [5.41, 5.74) is 0.157. The molecule has 0 bridgehead atoms. The molecule has 2 rings (SSSR count). The summed E-state index contributed by atoms with van der Waals surface area (Å²) < 4.78 is 34.0. The summed E-state index contributed by atoms with van der Waals surface area (Å²) in [7, 11) is 1.18. The second-order valence-electron chi connectivity index (χ2n) is 5.09. The number of ether oxygens (including phenoxy) is 2. The molecule has 1 aliphatic rings. The molecule has 1 aromatic carbocycles. The average molecular weight is 328 g/mol. The Labute approximate surface area is 132 Å². The highest BCUT2D eigenvalue weighted by Gasteiger charge is 2.23. The molecular weight excluding hydrogens is 310 g/mol. The zero-order valence-corrected chi connectivity index (χ0v) is 12.6. The molecule has 8 heteroatoms. The molecule has 1 amide bonds. The third kappa shape index (κ3) is 4.62. The van der Waals surface area contributed by atoms with Crippen molar-refractivity contribution in [2.45, 2.75) is 19.5 Å². The van der Waals surface area contributed by atoms with Crippen LogP contribution in [0.15, 0.2) is 18.2 Å². The quantitative estimate of drug-likeness (QED) is 0.809. The van der Waals surface area contributed by atoms with Gasteiger partial charge in [0.15, 0.2) is 0 Å². The number of hydrogen-bond donors (Lipinski definition) is 2. The number of anilines is 1. The van der Waals surface area contributed by atoms with Crippen molar-refractivity contribution in [3.05, 3.63) is 23.8 Å². The number of benzene rings is 1. The first kappa shape index (κ1) is 17.1. The minimum absolute atomic E-state index is 0.0583. The fourth-order valence-corrected chi connectivity index (χ4v) is 2.38. The Hall–Kier alpha value is -2.22. The number of alkyl halides is 2. The molecule has 1 saturated heterocycles. The van der Waals surface area contributed by atoms with Crippen LogP contribution in [0.5, 0.6) is 5.75 Å². The van der Waals surface area contributed by atoms with Gasteiger partial charge in [0.1, 0.15) is 5.75 Å². The second-order valence-corrected chi connectivity index (χ2v) is 5.09. The number of hydrogen-bond acceptors (Lipinski definition) is 5. The normalized spacial score (nSPS) is 15.3. The van der Waals surface area contributed by atoms with Crippen molar-refractivity contribution in [3.8, 4) is 5.75 Å². The summed E-state index contributed by atoms with van der Waals surface area (Å²) in [6, 6.07) is 3.85. The van der Waals surface area contributed by atoms with Crippen molar-refractivity contribution >= 4 is 17.6 Å². The Morgan fingerprint density at radius 2 is 2.00 bits per heavy atom. The van der Waals surface area contributed by atoms with Crippen molar-refractivity contribution in [2.24, 2.45) is 5.92 Å². The third-order valence-electron chi connectivity index (χ3n) is 3.59. The van der Waals surface area contributed by atoms with E-state index >= 15 is 0 Å². The van der Waals surface area contributed by atoms with Gasteiger partial charge in [-0.3, -0.25) is 4.79 Å². The van der Waals surface area contributed by atoms with Gasteiger partial charge in [-0.2, -0.15) is 8.78 Å². The number of nitrogens with one attached hydrogen (secondary N) is 2. The fraction of sp³-hybridized carbons (Fsp3) is 0.467. The first-order valence-electron chi connectivity index (χ1n) is 7.20. The number of carbonyl (C=O) groups is 2. The van der Waals surface area contributed by atoms with Crippen LogP contribution in [-0.4, -0.2) is 38.7 Å². The number of amides is 1. The van der Waals surface area contributed by atoms with E-state index in [1.807, 2.05) is 0 Å². The Balaban J connectivity index is 2.18.